The summed E-state index contributed by atoms with van der Waals surface area (Å²) in [6, 6.07) is 5.32. The number of nitrogens with one attached hydrogen (secondary N) is 1. The van der Waals surface area contributed by atoms with Crippen molar-refractivity contribution in [2.75, 3.05) is 0 Å². The van der Waals surface area contributed by atoms with Crippen LogP contribution in [0, 0.1) is 5.82 Å². The minimum atomic E-state index is -0.371. The molecule has 0 spiro atoms. The van der Waals surface area contributed by atoms with Crippen molar-refractivity contribution < 1.29 is 4.39 Å². The Balaban J connectivity index is 2.68. The smallest absolute Gasteiger partial charge is 0.142 e. The Morgan fingerprint density at radius 3 is 2.75 bits per heavy atom. The molecular formula is C13H17ClFN. The molecule has 0 aromatic heterocycles. The van der Waals surface area contributed by atoms with Crippen LogP contribution in [0.5, 0.6) is 0 Å². The summed E-state index contributed by atoms with van der Waals surface area (Å²) < 4.78 is 13.2. The molecule has 0 aliphatic carbocycles. The Morgan fingerprint density at radius 2 is 2.19 bits per heavy atom. The van der Waals surface area contributed by atoms with Crippen molar-refractivity contribution in [1.29, 1.82) is 0 Å². The fourth-order valence-corrected chi connectivity index (χ4v) is 1.74. The summed E-state index contributed by atoms with van der Waals surface area (Å²) in [6.07, 6.45) is 2.76. The highest BCUT2D eigenvalue weighted by Crippen LogP contribution is 2.20. The second-order valence-corrected chi connectivity index (χ2v) is 4.39. The zero-order valence-electron chi connectivity index (χ0n) is 9.63. The molecule has 2 atom stereocenters. The minimum Gasteiger partial charge on any atom is -0.307 e. The summed E-state index contributed by atoms with van der Waals surface area (Å²) in [5, 5.41) is 3.52. The maximum Gasteiger partial charge on any atom is 0.142 e. The molecule has 0 radical (unpaired) electrons. The lowest BCUT2D eigenvalue weighted by Crippen LogP contribution is -2.28. The SMILES string of the molecule is C=CCC(C)NC(C)c1ccc(Cl)c(F)c1. The van der Waals surface area contributed by atoms with E-state index in [0.717, 1.165) is 12.0 Å². The normalized spacial score (nSPS) is 14.5. The van der Waals surface area contributed by atoms with E-state index in [-0.39, 0.29) is 16.9 Å². The van der Waals surface area contributed by atoms with Gasteiger partial charge in [-0.3, -0.25) is 0 Å². The number of halogens is 2. The van der Waals surface area contributed by atoms with Gasteiger partial charge in [0.25, 0.3) is 0 Å². The number of rotatable bonds is 5. The van der Waals surface area contributed by atoms with Crippen LogP contribution >= 0.6 is 11.6 Å². The summed E-state index contributed by atoms with van der Waals surface area (Å²) in [7, 11) is 0. The largest absolute Gasteiger partial charge is 0.307 e. The molecule has 88 valence electrons. The van der Waals surface area contributed by atoms with Gasteiger partial charge in [0, 0.05) is 12.1 Å². The Hall–Kier alpha value is -0.860. The summed E-state index contributed by atoms with van der Waals surface area (Å²) >= 11 is 5.63. The maximum absolute atomic E-state index is 13.2. The van der Waals surface area contributed by atoms with E-state index in [1.807, 2.05) is 19.1 Å². The van der Waals surface area contributed by atoms with Crippen molar-refractivity contribution in [3.63, 3.8) is 0 Å². The molecule has 16 heavy (non-hydrogen) atoms. The van der Waals surface area contributed by atoms with E-state index >= 15 is 0 Å². The molecule has 1 nitrogen and oxygen atoms in total. The van der Waals surface area contributed by atoms with Crippen molar-refractivity contribution >= 4 is 11.6 Å². The molecule has 1 rings (SSSR count). The molecule has 1 N–H and O–H groups in total. The number of benzene rings is 1. The highest BCUT2D eigenvalue weighted by atomic mass is 35.5. The van der Waals surface area contributed by atoms with Crippen LogP contribution in [-0.2, 0) is 0 Å². The Labute approximate surface area is 101 Å². The zero-order valence-corrected chi connectivity index (χ0v) is 10.4. The van der Waals surface area contributed by atoms with E-state index in [9.17, 15) is 4.39 Å². The van der Waals surface area contributed by atoms with Gasteiger partial charge in [-0.15, -0.1) is 6.58 Å². The molecule has 0 saturated carbocycles. The average molecular weight is 242 g/mol. The molecule has 0 amide bonds. The molecule has 0 bridgehead atoms. The van der Waals surface area contributed by atoms with Crippen molar-refractivity contribution in [1.82, 2.24) is 5.32 Å². The molecule has 2 unspecified atom stereocenters. The van der Waals surface area contributed by atoms with Crippen LogP contribution in [0.2, 0.25) is 5.02 Å². The first-order valence-electron chi connectivity index (χ1n) is 5.36. The third kappa shape index (κ3) is 3.62. The van der Waals surface area contributed by atoms with Gasteiger partial charge in [-0.1, -0.05) is 23.7 Å². The molecule has 1 aromatic carbocycles. The molecule has 0 fully saturated rings. The van der Waals surface area contributed by atoms with Crippen molar-refractivity contribution in [2.24, 2.45) is 0 Å². The van der Waals surface area contributed by atoms with Crippen LogP contribution < -0.4 is 5.32 Å². The minimum absolute atomic E-state index is 0.0988. The fourth-order valence-electron chi connectivity index (χ4n) is 1.62. The maximum atomic E-state index is 13.2. The van der Waals surface area contributed by atoms with E-state index < -0.39 is 0 Å². The lowest BCUT2D eigenvalue weighted by molar-refractivity contribution is 0.480. The summed E-state index contributed by atoms with van der Waals surface area (Å²) in [4.78, 5) is 0. The number of hydrogen-bond acceptors (Lipinski definition) is 1. The van der Waals surface area contributed by atoms with E-state index in [0.29, 0.717) is 6.04 Å². The molecule has 0 saturated heterocycles. The first-order chi connectivity index (χ1) is 7.54. The Kier molecular flexibility index (Phi) is 4.97. The predicted octanol–water partition coefficient (Wildman–Crippen LogP) is 4.09. The van der Waals surface area contributed by atoms with Crippen LogP contribution in [0.3, 0.4) is 0 Å². The molecule has 0 aliphatic rings. The third-order valence-electron chi connectivity index (χ3n) is 2.50. The van der Waals surface area contributed by atoms with Gasteiger partial charge in [0.15, 0.2) is 0 Å². The van der Waals surface area contributed by atoms with E-state index in [2.05, 4.69) is 18.8 Å². The van der Waals surface area contributed by atoms with E-state index in [1.54, 1.807) is 6.07 Å². The highest BCUT2D eigenvalue weighted by Gasteiger charge is 2.10. The van der Waals surface area contributed by atoms with Crippen molar-refractivity contribution in [3.8, 4) is 0 Å². The van der Waals surface area contributed by atoms with Gasteiger partial charge in [0.1, 0.15) is 5.82 Å². The van der Waals surface area contributed by atoms with E-state index in [4.69, 9.17) is 11.6 Å². The fraction of sp³-hybridized carbons (Fsp3) is 0.385. The highest BCUT2D eigenvalue weighted by molar-refractivity contribution is 6.30. The lowest BCUT2D eigenvalue weighted by Gasteiger charge is -2.19. The van der Waals surface area contributed by atoms with Crippen LogP contribution in [0.25, 0.3) is 0 Å². The second-order valence-electron chi connectivity index (χ2n) is 3.99. The molecular weight excluding hydrogens is 225 g/mol. The molecule has 0 heterocycles. The first kappa shape index (κ1) is 13.2. The van der Waals surface area contributed by atoms with Gasteiger partial charge in [-0.05, 0) is 38.0 Å². The summed E-state index contributed by atoms with van der Waals surface area (Å²) in [6.45, 7) is 7.77. The second kappa shape index (κ2) is 6.02. The van der Waals surface area contributed by atoms with Crippen LogP contribution in [0.15, 0.2) is 30.9 Å². The zero-order chi connectivity index (χ0) is 12.1. The lowest BCUT2D eigenvalue weighted by atomic mass is 10.1. The van der Waals surface area contributed by atoms with Gasteiger partial charge in [0.05, 0.1) is 5.02 Å². The standard InChI is InChI=1S/C13H17ClFN/c1-4-5-9(2)16-10(3)11-6-7-12(14)13(15)8-11/h4,6-10,16H,1,5H2,2-3H3. The van der Waals surface area contributed by atoms with Gasteiger partial charge in [0.2, 0.25) is 0 Å². The topological polar surface area (TPSA) is 12.0 Å². The van der Waals surface area contributed by atoms with Gasteiger partial charge < -0.3 is 5.32 Å². The van der Waals surface area contributed by atoms with Crippen LogP contribution in [0.1, 0.15) is 31.9 Å². The predicted molar refractivity (Wildman–Crippen MR) is 67.2 cm³/mol. The monoisotopic (exact) mass is 241 g/mol. The summed E-state index contributed by atoms with van der Waals surface area (Å²) in [5.74, 6) is -0.371. The number of hydrogen-bond donors (Lipinski definition) is 1. The molecule has 1 aromatic rings. The Morgan fingerprint density at radius 1 is 1.50 bits per heavy atom. The van der Waals surface area contributed by atoms with Gasteiger partial charge >= 0.3 is 0 Å². The van der Waals surface area contributed by atoms with Crippen molar-refractivity contribution in [2.45, 2.75) is 32.4 Å². The first-order valence-corrected chi connectivity index (χ1v) is 5.74. The van der Waals surface area contributed by atoms with Gasteiger partial charge in [-0.25, -0.2) is 4.39 Å². The molecule has 0 aliphatic heterocycles. The van der Waals surface area contributed by atoms with E-state index in [1.165, 1.54) is 6.07 Å². The Bertz CT molecular complexity index is 365. The van der Waals surface area contributed by atoms with Crippen LogP contribution in [-0.4, -0.2) is 6.04 Å². The van der Waals surface area contributed by atoms with Crippen LogP contribution in [0.4, 0.5) is 4.39 Å². The average Bonchev–Trinajstić information content (AvgIpc) is 2.22. The quantitative estimate of drug-likeness (QED) is 0.766. The third-order valence-corrected chi connectivity index (χ3v) is 2.80. The van der Waals surface area contributed by atoms with Crippen molar-refractivity contribution in [3.05, 3.63) is 47.3 Å². The molecule has 3 heteroatoms. The van der Waals surface area contributed by atoms with Gasteiger partial charge in [-0.2, -0.15) is 0 Å². The summed E-state index contributed by atoms with van der Waals surface area (Å²) in [5.41, 5.74) is 0.901.